The van der Waals surface area contributed by atoms with Crippen LogP contribution in [0.25, 0.3) is 0 Å². The molecule has 0 aromatic carbocycles. The maximum atomic E-state index is 8.74. The van der Waals surface area contributed by atoms with Gasteiger partial charge in [0.1, 0.15) is 12.1 Å². The molecule has 0 fully saturated rings. The summed E-state index contributed by atoms with van der Waals surface area (Å²) in [6.07, 6.45) is 2.81. The van der Waals surface area contributed by atoms with E-state index < -0.39 is 10.4 Å². The van der Waals surface area contributed by atoms with Crippen LogP contribution in [0.3, 0.4) is 0 Å². The zero-order valence-corrected chi connectivity index (χ0v) is 7.14. The topological polar surface area (TPSA) is 152 Å². The summed E-state index contributed by atoms with van der Waals surface area (Å²) < 4.78 is 31.6. The summed E-state index contributed by atoms with van der Waals surface area (Å²) in [7, 11) is -4.67. The summed E-state index contributed by atoms with van der Waals surface area (Å²) in [6, 6.07) is 0. The maximum Gasteiger partial charge on any atom is 0.394 e. The first-order valence-corrected chi connectivity index (χ1v) is 4.21. The normalized spacial score (nSPS) is 10.0. The van der Waals surface area contributed by atoms with Gasteiger partial charge in [0.05, 0.1) is 11.9 Å². The van der Waals surface area contributed by atoms with Crippen LogP contribution in [-0.4, -0.2) is 27.5 Å². The summed E-state index contributed by atoms with van der Waals surface area (Å²) >= 11 is 0. The highest BCUT2D eigenvalue weighted by molar-refractivity contribution is 7.79. The standard InChI is InChI=1S/C4H6N4.H2O4S/c5-3-1-7-2-8-4(3)6;1-5(2,3)4/h1-2H,5H2,(H2,6,7,8);(H2,1,2,3,4). The van der Waals surface area contributed by atoms with Crippen molar-refractivity contribution in [1.82, 2.24) is 9.97 Å². The lowest BCUT2D eigenvalue weighted by molar-refractivity contribution is 0.381. The monoisotopic (exact) mass is 208 g/mol. The predicted molar refractivity (Wildman–Crippen MR) is 45.0 cm³/mol. The van der Waals surface area contributed by atoms with Crippen molar-refractivity contribution in [2.75, 3.05) is 11.5 Å². The summed E-state index contributed by atoms with van der Waals surface area (Å²) in [4.78, 5) is 7.25. The molecule has 8 nitrogen and oxygen atoms in total. The molecule has 1 aromatic rings. The summed E-state index contributed by atoms with van der Waals surface area (Å²) in [6.45, 7) is 0. The van der Waals surface area contributed by atoms with Crippen molar-refractivity contribution in [1.29, 1.82) is 0 Å². The summed E-state index contributed by atoms with van der Waals surface area (Å²) in [5.74, 6) is 0.333. The van der Waals surface area contributed by atoms with E-state index in [9.17, 15) is 0 Å². The van der Waals surface area contributed by atoms with E-state index in [4.69, 9.17) is 29.0 Å². The molecule has 0 spiro atoms. The van der Waals surface area contributed by atoms with Gasteiger partial charge in [-0.3, -0.25) is 9.11 Å². The average Bonchev–Trinajstić information content (AvgIpc) is 1.92. The average molecular weight is 208 g/mol. The summed E-state index contributed by atoms with van der Waals surface area (Å²) in [5, 5.41) is 0. The number of hydrogen-bond acceptors (Lipinski definition) is 6. The molecule has 74 valence electrons. The van der Waals surface area contributed by atoms with Gasteiger partial charge in [0.15, 0.2) is 0 Å². The van der Waals surface area contributed by atoms with Gasteiger partial charge >= 0.3 is 10.4 Å². The third-order valence-electron chi connectivity index (χ3n) is 0.773. The van der Waals surface area contributed by atoms with Crippen molar-refractivity contribution in [3.63, 3.8) is 0 Å². The molecule has 0 saturated heterocycles. The lowest BCUT2D eigenvalue weighted by Crippen LogP contribution is -1.97. The van der Waals surface area contributed by atoms with E-state index in [2.05, 4.69) is 9.97 Å². The molecule has 13 heavy (non-hydrogen) atoms. The molecule has 0 atom stereocenters. The molecule has 0 unspecified atom stereocenters. The van der Waals surface area contributed by atoms with Crippen LogP contribution in [0.15, 0.2) is 12.5 Å². The van der Waals surface area contributed by atoms with E-state index in [1.165, 1.54) is 12.5 Å². The largest absolute Gasteiger partial charge is 0.394 e. The van der Waals surface area contributed by atoms with Crippen LogP contribution >= 0.6 is 0 Å². The fraction of sp³-hybridized carbons (Fsp3) is 0. The Morgan fingerprint density at radius 1 is 1.31 bits per heavy atom. The molecule has 0 bridgehead atoms. The second-order valence-corrected chi connectivity index (χ2v) is 2.71. The third-order valence-corrected chi connectivity index (χ3v) is 0.773. The van der Waals surface area contributed by atoms with Gasteiger partial charge in [-0.2, -0.15) is 8.42 Å². The number of nitrogens with two attached hydrogens (primary N) is 2. The first-order valence-electron chi connectivity index (χ1n) is 2.81. The number of hydrogen-bond donors (Lipinski definition) is 4. The molecule has 9 heteroatoms. The van der Waals surface area contributed by atoms with Crippen molar-refractivity contribution in [2.45, 2.75) is 0 Å². The smallest absolute Gasteiger partial charge is 0.394 e. The van der Waals surface area contributed by atoms with Gasteiger partial charge in [-0.25, -0.2) is 9.97 Å². The predicted octanol–water partition coefficient (Wildman–Crippen LogP) is -1.01. The Kier molecular flexibility index (Phi) is 4.04. The molecule has 0 saturated carbocycles. The van der Waals surface area contributed by atoms with Crippen LogP contribution in [0.5, 0.6) is 0 Å². The highest BCUT2D eigenvalue weighted by atomic mass is 32.3. The van der Waals surface area contributed by atoms with Crippen molar-refractivity contribution in [3.05, 3.63) is 12.5 Å². The quantitative estimate of drug-likeness (QED) is 0.395. The number of nitrogen functional groups attached to an aromatic ring is 2. The van der Waals surface area contributed by atoms with Gasteiger partial charge in [0.2, 0.25) is 0 Å². The number of nitrogens with zero attached hydrogens (tertiary/aromatic N) is 2. The molecule has 1 aromatic heterocycles. The molecular formula is C4H8N4O4S. The van der Waals surface area contributed by atoms with Gasteiger partial charge < -0.3 is 11.5 Å². The van der Waals surface area contributed by atoms with Gasteiger partial charge in [-0.15, -0.1) is 0 Å². The Morgan fingerprint density at radius 3 is 2.00 bits per heavy atom. The van der Waals surface area contributed by atoms with Crippen LogP contribution < -0.4 is 11.5 Å². The van der Waals surface area contributed by atoms with Gasteiger partial charge in [0, 0.05) is 0 Å². The van der Waals surface area contributed by atoms with E-state index in [0.717, 1.165) is 0 Å². The molecular weight excluding hydrogens is 200 g/mol. The Morgan fingerprint density at radius 2 is 1.77 bits per heavy atom. The Hall–Kier alpha value is -1.45. The zero-order valence-electron chi connectivity index (χ0n) is 6.32. The van der Waals surface area contributed by atoms with Crippen molar-refractivity contribution < 1.29 is 17.5 Å². The molecule has 1 rings (SSSR count). The van der Waals surface area contributed by atoms with Crippen LogP contribution in [-0.2, 0) is 10.4 Å². The van der Waals surface area contributed by atoms with Crippen LogP contribution in [0, 0.1) is 0 Å². The van der Waals surface area contributed by atoms with E-state index >= 15 is 0 Å². The van der Waals surface area contributed by atoms with Gasteiger partial charge in [-0.1, -0.05) is 0 Å². The van der Waals surface area contributed by atoms with Gasteiger partial charge in [-0.05, 0) is 0 Å². The van der Waals surface area contributed by atoms with Crippen molar-refractivity contribution in [3.8, 4) is 0 Å². The fourth-order valence-electron chi connectivity index (χ4n) is 0.350. The zero-order chi connectivity index (χ0) is 10.5. The molecule has 1 heterocycles. The van der Waals surface area contributed by atoms with Crippen LogP contribution in [0.1, 0.15) is 0 Å². The molecule has 0 aliphatic rings. The molecule has 0 radical (unpaired) electrons. The molecule has 0 amide bonds. The minimum absolute atomic E-state index is 0.333. The first kappa shape index (κ1) is 11.6. The number of aromatic nitrogens is 2. The van der Waals surface area contributed by atoms with Crippen molar-refractivity contribution >= 4 is 21.9 Å². The second kappa shape index (κ2) is 4.54. The number of rotatable bonds is 0. The van der Waals surface area contributed by atoms with Crippen LogP contribution in [0.2, 0.25) is 0 Å². The Balaban J connectivity index is 0.000000252. The van der Waals surface area contributed by atoms with E-state index in [-0.39, 0.29) is 0 Å². The second-order valence-electron chi connectivity index (χ2n) is 1.81. The van der Waals surface area contributed by atoms with E-state index in [1.807, 2.05) is 0 Å². The minimum atomic E-state index is -4.67. The van der Waals surface area contributed by atoms with Crippen LogP contribution in [0.4, 0.5) is 11.5 Å². The van der Waals surface area contributed by atoms with Crippen molar-refractivity contribution in [2.24, 2.45) is 0 Å². The number of anilines is 2. The summed E-state index contributed by atoms with van der Waals surface area (Å²) in [5.41, 5.74) is 10.9. The highest BCUT2D eigenvalue weighted by Gasteiger charge is 1.88. The molecule has 6 N–H and O–H groups in total. The molecule has 0 aliphatic carbocycles. The van der Waals surface area contributed by atoms with Gasteiger partial charge in [0.25, 0.3) is 0 Å². The SMILES string of the molecule is Nc1cncnc1N.O=S(=O)(O)O. The van der Waals surface area contributed by atoms with E-state index in [0.29, 0.717) is 11.5 Å². The minimum Gasteiger partial charge on any atom is -0.394 e. The lowest BCUT2D eigenvalue weighted by atomic mass is 10.5. The lowest BCUT2D eigenvalue weighted by Gasteiger charge is -1.91. The van der Waals surface area contributed by atoms with E-state index in [1.54, 1.807) is 0 Å². The Bertz CT molecular complexity index is 335. The third kappa shape index (κ3) is 8.46. The highest BCUT2D eigenvalue weighted by Crippen LogP contribution is 2.03. The Labute approximate surface area is 74.2 Å². The fourth-order valence-corrected chi connectivity index (χ4v) is 0.350. The first-order chi connectivity index (χ1) is 5.80. The maximum absolute atomic E-state index is 8.74. The molecule has 0 aliphatic heterocycles.